The molecule has 2 aliphatic heterocycles. The Morgan fingerprint density at radius 1 is 0.531 bits per heavy atom. The first-order valence-electron chi connectivity index (χ1n) is 9.61. The van der Waals surface area contributed by atoms with Crippen molar-refractivity contribution in [3.05, 3.63) is 91.6 Å². The second-order valence-electron chi connectivity index (χ2n) is 7.23. The first kappa shape index (κ1) is 35.6. The molecule has 4 rings (SSSR count). The van der Waals surface area contributed by atoms with Gasteiger partial charge in [-0.05, 0) is 64.3 Å². The molecule has 2 aromatic rings. The third-order valence-corrected chi connectivity index (χ3v) is 5.32. The van der Waals surface area contributed by atoms with E-state index in [0.717, 1.165) is 13.1 Å². The summed E-state index contributed by atoms with van der Waals surface area (Å²) in [5.41, 5.74) is 5.28. The van der Waals surface area contributed by atoms with E-state index < -0.39 is 0 Å². The molecule has 0 aromatic heterocycles. The van der Waals surface area contributed by atoms with Crippen LogP contribution in [0.5, 0.6) is 0 Å². The first-order chi connectivity index (χ1) is 12.7. The molecule has 0 bridgehead atoms. The zero-order valence-electron chi connectivity index (χ0n) is 20.4. The van der Waals surface area contributed by atoms with E-state index in [1.54, 1.807) is 0 Å². The average Bonchev–Trinajstić information content (AvgIpc) is 3.16. The van der Waals surface area contributed by atoms with E-state index in [9.17, 15) is 0 Å². The molecule has 0 radical (unpaired) electrons. The Morgan fingerprint density at radius 3 is 1.19 bits per heavy atom. The van der Waals surface area contributed by atoms with E-state index in [2.05, 4.69) is 95.6 Å². The third kappa shape index (κ3) is 7.81. The summed E-state index contributed by atoms with van der Waals surface area (Å²) in [6.45, 7) is 6.64. The summed E-state index contributed by atoms with van der Waals surface area (Å²) in [5.74, 6) is 0. The minimum absolute atomic E-state index is 0. The van der Waals surface area contributed by atoms with Crippen molar-refractivity contribution in [1.29, 1.82) is 0 Å². The largest absolute Gasteiger partial charge is 0.504 e. The van der Waals surface area contributed by atoms with E-state index in [-0.39, 0.29) is 71.8 Å². The van der Waals surface area contributed by atoms with Crippen LogP contribution in [-0.4, -0.2) is 27.2 Å². The molecule has 0 spiro atoms. The van der Waals surface area contributed by atoms with Gasteiger partial charge in [0.25, 0.3) is 0 Å². The van der Waals surface area contributed by atoms with E-state index in [4.69, 9.17) is 0 Å². The fourth-order valence-corrected chi connectivity index (χ4v) is 3.95. The average molecular weight is 799 g/mol. The van der Waals surface area contributed by atoms with Crippen molar-refractivity contribution >= 4 is 22.7 Å². The Morgan fingerprint density at radius 2 is 0.844 bits per heavy atom. The number of fused-ring (bicyclic) bond motifs is 2. The summed E-state index contributed by atoms with van der Waals surface area (Å²) >= 11 is 0. The topological polar surface area (TPSA) is 13.0 Å². The molecule has 0 saturated heterocycles. The predicted molar refractivity (Wildman–Crippen MR) is 137 cm³/mol. The van der Waals surface area contributed by atoms with Gasteiger partial charge in [-0.1, -0.05) is 37.1 Å². The standard InChI is InChI=1S/C22H28N4.4CH3.2Pt/c1-23-17-25(21-13-7-5-11-19(21)23)15-9-3-4-10-16-26-18-24(2)20-12-6-8-14-22(20)26;;;;;;/h5-8,11-14,17-18H,3-4,9-10,15-16H2,1-2H3;4*1H3;;/q-2;4*-1;;. The van der Waals surface area contributed by atoms with Gasteiger partial charge in [0.2, 0.25) is 0 Å². The third-order valence-electron chi connectivity index (χ3n) is 5.32. The molecular formula is C26H40N4Pt2-6. The van der Waals surface area contributed by atoms with Crippen molar-refractivity contribution in [1.82, 2.24) is 0 Å². The molecule has 0 amide bonds. The van der Waals surface area contributed by atoms with Crippen molar-refractivity contribution in [2.45, 2.75) is 25.7 Å². The molecule has 0 saturated carbocycles. The van der Waals surface area contributed by atoms with E-state index in [1.165, 1.54) is 48.4 Å². The fourth-order valence-electron chi connectivity index (χ4n) is 3.95. The molecule has 0 aliphatic carbocycles. The second-order valence-corrected chi connectivity index (χ2v) is 7.23. The van der Waals surface area contributed by atoms with E-state index in [0.29, 0.717) is 0 Å². The normalized spacial score (nSPS) is 12.7. The molecule has 2 heterocycles. The van der Waals surface area contributed by atoms with Crippen molar-refractivity contribution in [3.8, 4) is 0 Å². The van der Waals surface area contributed by atoms with E-state index in [1.807, 2.05) is 0 Å². The molecule has 2 aromatic carbocycles. The maximum absolute atomic E-state index is 2.38. The fraction of sp³-hybridized carbons (Fsp3) is 0.308. The van der Waals surface area contributed by atoms with Gasteiger partial charge in [-0.25, -0.2) is 0 Å². The van der Waals surface area contributed by atoms with Crippen molar-refractivity contribution < 1.29 is 42.1 Å². The van der Waals surface area contributed by atoms with Gasteiger partial charge in [-0.2, -0.15) is 13.3 Å². The summed E-state index contributed by atoms with van der Waals surface area (Å²) in [5, 5.41) is 0. The van der Waals surface area contributed by atoms with Crippen LogP contribution in [0.2, 0.25) is 0 Å². The van der Waals surface area contributed by atoms with Gasteiger partial charge >= 0.3 is 0 Å². The van der Waals surface area contributed by atoms with Gasteiger partial charge in [-0.3, -0.25) is 0 Å². The summed E-state index contributed by atoms with van der Waals surface area (Å²) in [6, 6.07) is 17.3. The molecular weight excluding hydrogens is 758 g/mol. The summed E-state index contributed by atoms with van der Waals surface area (Å²) in [6.07, 6.45) is 5.03. The number of unbranched alkanes of at least 4 members (excludes halogenated alkanes) is 3. The van der Waals surface area contributed by atoms with Crippen LogP contribution in [0.25, 0.3) is 0 Å². The molecule has 0 atom stereocenters. The zero-order valence-corrected chi connectivity index (χ0v) is 25.0. The van der Waals surface area contributed by atoms with Crippen LogP contribution in [0.1, 0.15) is 25.7 Å². The zero-order chi connectivity index (χ0) is 17.9. The Labute approximate surface area is 227 Å². The number of anilines is 4. The minimum atomic E-state index is 0. The van der Waals surface area contributed by atoms with Crippen LogP contribution in [-0.2, 0) is 42.1 Å². The predicted octanol–water partition coefficient (Wildman–Crippen LogP) is 6.49. The first-order valence-corrected chi connectivity index (χ1v) is 9.61. The minimum Gasteiger partial charge on any atom is -0.504 e. The molecule has 190 valence electrons. The second kappa shape index (κ2) is 16.6. The smallest absolute Gasteiger partial charge is 0.0299 e. The monoisotopic (exact) mass is 798 g/mol. The number of rotatable bonds is 7. The SMILES string of the molecule is CN1[CH-]N(CCCCCCN2[CH-]N(C)c3ccccc32)c2ccccc21.[CH3-].[CH3-].[CH3-].[CH3-].[Pt].[Pt]. The van der Waals surface area contributed by atoms with Crippen molar-refractivity contribution in [2.24, 2.45) is 0 Å². The molecule has 6 heteroatoms. The molecule has 0 fully saturated rings. The number of benzene rings is 2. The Hall–Kier alpha value is -0.983. The van der Waals surface area contributed by atoms with Crippen LogP contribution < -0.4 is 19.6 Å². The van der Waals surface area contributed by atoms with Crippen LogP contribution in [0.3, 0.4) is 0 Å². The van der Waals surface area contributed by atoms with Gasteiger partial charge in [0.1, 0.15) is 0 Å². The summed E-state index contributed by atoms with van der Waals surface area (Å²) in [7, 11) is 4.25. The Bertz CT molecular complexity index is 693. The number of hydrogen-bond donors (Lipinski definition) is 0. The molecule has 0 unspecified atom stereocenters. The van der Waals surface area contributed by atoms with Gasteiger partial charge in [0, 0.05) is 64.9 Å². The van der Waals surface area contributed by atoms with Crippen LogP contribution in [0, 0.1) is 43.0 Å². The molecule has 32 heavy (non-hydrogen) atoms. The quantitative estimate of drug-likeness (QED) is 0.235. The Balaban J connectivity index is -0.00000140. The number of para-hydroxylation sites is 4. The van der Waals surface area contributed by atoms with Crippen LogP contribution >= 0.6 is 0 Å². The van der Waals surface area contributed by atoms with Gasteiger partial charge in [-0.15, -0.1) is 0 Å². The van der Waals surface area contributed by atoms with Crippen molar-refractivity contribution in [2.75, 3.05) is 46.8 Å². The number of hydrogen-bond acceptors (Lipinski definition) is 4. The molecule has 4 nitrogen and oxygen atoms in total. The maximum atomic E-state index is 2.38. The van der Waals surface area contributed by atoms with E-state index >= 15 is 0 Å². The van der Waals surface area contributed by atoms with Crippen molar-refractivity contribution in [3.63, 3.8) is 0 Å². The van der Waals surface area contributed by atoms with Gasteiger partial charge in [0.15, 0.2) is 0 Å². The van der Waals surface area contributed by atoms with Gasteiger partial charge < -0.3 is 49.3 Å². The maximum Gasteiger partial charge on any atom is 0.0299 e. The molecule has 0 N–H and O–H groups in total. The molecule has 2 aliphatic rings. The van der Waals surface area contributed by atoms with Crippen LogP contribution in [0.4, 0.5) is 22.7 Å². The van der Waals surface area contributed by atoms with Gasteiger partial charge in [0.05, 0.1) is 0 Å². The van der Waals surface area contributed by atoms with Crippen LogP contribution in [0.15, 0.2) is 48.5 Å². The summed E-state index contributed by atoms with van der Waals surface area (Å²) < 4.78 is 0. The Kier molecular flexibility index (Phi) is 18.5. The number of nitrogens with zero attached hydrogens (tertiary/aromatic N) is 4. The summed E-state index contributed by atoms with van der Waals surface area (Å²) in [4.78, 5) is 9.20.